The molecule has 38 heavy (non-hydrogen) atoms. The highest BCUT2D eigenvalue weighted by atomic mass is 19.3. The van der Waals surface area contributed by atoms with Crippen molar-refractivity contribution in [1.82, 2.24) is 15.1 Å². The quantitative estimate of drug-likeness (QED) is 0.253. The van der Waals surface area contributed by atoms with Crippen LogP contribution in [0.25, 0.3) is 0 Å². The fraction of sp³-hybridized carbons (Fsp3) is 0.577. The number of likely N-dealkylation sites (tertiary alicyclic amines) is 2. The minimum Gasteiger partial charge on any atom is -0.447 e. The number of nitrogens with one attached hydrogen (secondary N) is 1. The van der Waals surface area contributed by atoms with Gasteiger partial charge < -0.3 is 25.0 Å². The summed E-state index contributed by atoms with van der Waals surface area (Å²) in [4.78, 5) is 29.0. The van der Waals surface area contributed by atoms with E-state index in [2.05, 4.69) is 5.32 Å². The Morgan fingerprint density at radius 2 is 1.92 bits per heavy atom. The molecule has 2 amide bonds. The second-order valence-electron chi connectivity index (χ2n) is 10.4. The molecule has 206 valence electrons. The van der Waals surface area contributed by atoms with Gasteiger partial charge in [-0.15, -0.1) is 0 Å². The molecule has 0 radical (unpaired) electrons. The Labute approximate surface area is 222 Å². The van der Waals surface area contributed by atoms with E-state index < -0.39 is 42.6 Å². The van der Waals surface area contributed by atoms with E-state index in [0.717, 1.165) is 5.56 Å². The van der Waals surface area contributed by atoms with E-state index in [-0.39, 0.29) is 44.5 Å². The van der Waals surface area contributed by atoms with Crippen LogP contribution in [0.3, 0.4) is 0 Å². The minimum atomic E-state index is -2.70. The summed E-state index contributed by atoms with van der Waals surface area (Å²) in [6, 6.07) is 10.5. The van der Waals surface area contributed by atoms with E-state index in [1.165, 1.54) is 11.0 Å². The van der Waals surface area contributed by atoms with E-state index in [9.17, 15) is 33.7 Å². The molecule has 2 heterocycles. The van der Waals surface area contributed by atoms with Crippen molar-refractivity contribution in [1.29, 1.82) is 5.26 Å². The van der Waals surface area contributed by atoms with E-state index in [0.29, 0.717) is 19.4 Å². The number of alkyl halides is 2. The Kier molecular flexibility index (Phi) is 9.87. The number of amides is 2. The van der Waals surface area contributed by atoms with Crippen LogP contribution in [0.5, 0.6) is 0 Å². The number of carbonyl (C=O) groups is 2. The summed E-state index contributed by atoms with van der Waals surface area (Å²) < 4.78 is 32.5. The van der Waals surface area contributed by atoms with Crippen LogP contribution in [0.15, 0.2) is 42.0 Å². The third-order valence-electron chi connectivity index (χ3n) is 7.16. The van der Waals surface area contributed by atoms with Crippen LogP contribution in [-0.2, 0) is 16.0 Å². The lowest BCUT2D eigenvalue weighted by Crippen LogP contribution is -2.50. The predicted octanol–water partition coefficient (Wildman–Crippen LogP) is 2.29. The van der Waals surface area contributed by atoms with Gasteiger partial charge in [-0.25, -0.2) is 13.6 Å². The number of nitriles is 1. The standard InChI is InChI=1S/C26H35BF2N4O5/c1-25(2,32-13-10-26(28,29)11-14-32)16-20(17-30)23(34)33-12-6-9-21(33)18-38-24(35)31-22(27(36)37)15-19-7-4-3-5-8-19/h3-5,7-8,16,21-22,36-37H,6,9-15,18H2,1-2H3,(H,31,35)/b20-16+/t21-,22+/m1/s1. The first-order valence-corrected chi connectivity index (χ1v) is 12.8. The van der Waals surface area contributed by atoms with Crippen molar-refractivity contribution in [2.24, 2.45) is 0 Å². The zero-order chi connectivity index (χ0) is 27.9. The maximum absolute atomic E-state index is 13.6. The molecule has 0 spiro atoms. The maximum atomic E-state index is 13.6. The van der Waals surface area contributed by atoms with Crippen molar-refractivity contribution in [2.45, 2.75) is 69.4 Å². The molecule has 2 fully saturated rings. The topological polar surface area (TPSA) is 126 Å². The summed E-state index contributed by atoms with van der Waals surface area (Å²) in [6.45, 7) is 4.16. The molecule has 1 aromatic carbocycles. The maximum Gasteiger partial charge on any atom is 0.475 e. The first-order valence-electron chi connectivity index (χ1n) is 12.8. The first-order chi connectivity index (χ1) is 17.9. The van der Waals surface area contributed by atoms with Crippen molar-refractivity contribution in [3.8, 4) is 6.07 Å². The first kappa shape index (κ1) is 29.5. The molecule has 9 nitrogen and oxygen atoms in total. The van der Waals surface area contributed by atoms with E-state index >= 15 is 0 Å². The number of ether oxygens (including phenoxy) is 1. The van der Waals surface area contributed by atoms with Gasteiger partial charge >= 0.3 is 13.2 Å². The molecule has 0 unspecified atom stereocenters. The van der Waals surface area contributed by atoms with Crippen molar-refractivity contribution >= 4 is 19.1 Å². The fourth-order valence-corrected chi connectivity index (χ4v) is 4.89. The number of halogens is 2. The normalized spacial score (nSPS) is 20.9. The Morgan fingerprint density at radius 1 is 1.26 bits per heavy atom. The molecule has 12 heteroatoms. The number of piperidine rings is 1. The van der Waals surface area contributed by atoms with Crippen LogP contribution in [0, 0.1) is 11.3 Å². The average molecular weight is 532 g/mol. The van der Waals surface area contributed by atoms with Crippen molar-refractivity contribution in [3.05, 3.63) is 47.5 Å². The monoisotopic (exact) mass is 532 g/mol. The van der Waals surface area contributed by atoms with Crippen LogP contribution in [0.1, 0.15) is 45.1 Å². The van der Waals surface area contributed by atoms with Gasteiger partial charge in [-0.3, -0.25) is 9.69 Å². The van der Waals surface area contributed by atoms with Crippen LogP contribution in [0.4, 0.5) is 13.6 Å². The Morgan fingerprint density at radius 3 is 2.53 bits per heavy atom. The molecule has 0 saturated carbocycles. The number of benzene rings is 1. The predicted molar refractivity (Wildman–Crippen MR) is 137 cm³/mol. The lowest BCUT2D eigenvalue weighted by molar-refractivity contribution is -0.128. The van der Waals surface area contributed by atoms with Gasteiger partial charge in [0.2, 0.25) is 0 Å². The third kappa shape index (κ3) is 8.00. The molecule has 2 aliphatic rings. The highest BCUT2D eigenvalue weighted by Gasteiger charge is 2.39. The Hall–Kier alpha value is -3.01. The largest absolute Gasteiger partial charge is 0.475 e. The molecule has 0 aromatic heterocycles. The number of carbonyl (C=O) groups excluding carboxylic acids is 2. The van der Waals surface area contributed by atoms with Crippen molar-refractivity contribution < 1.29 is 33.2 Å². The lowest BCUT2D eigenvalue weighted by atomic mass is 9.76. The Bertz CT molecular complexity index is 1040. The Balaban J connectivity index is 1.58. The van der Waals surface area contributed by atoms with Crippen molar-refractivity contribution in [3.63, 3.8) is 0 Å². The summed E-state index contributed by atoms with van der Waals surface area (Å²) in [5.41, 5.74) is -0.0627. The van der Waals surface area contributed by atoms with Gasteiger partial charge in [0.1, 0.15) is 18.2 Å². The zero-order valence-corrected chi connectivity index (χ0v) is 21.8. The van der Waals surface area contributed by atoms with Gasteiger partial charge in [0, 0.05) is 38.0 Å². The van der Waals surface area contributed by atoms with Crippen LogP contribution in [-0.4, -0.2) is 88.7 Å². The molecule has 2 atom stereocenters. The third-order valence-corrected chi connectivity index (χ3v) is 7.16. The number of hydrogen-bond acceptors (Lipinski definition) is 7. The molecule has 3 rings (SSSR count). The smallest absolute Gasteiger partial charge is 0.447 e. The van der Waals surface area contributed by atoms with Gasteiger partial charge in [-0.2, -0.15) is 5.26 Å². The molecule has 2 aliphatic heterocycles. The van der Waals surface area contributed by atoms with Crippen LogP contribution in [0.2, 0.25) is 0 Å². The SMILES string of the molecule is CC(C)(/C=C(\C#N)C(=O)N1CCC[C@@H]1COC(=O)N[C@@H](Cc1ccccc1)B(O)O)N1CCC(F)(F)CC1. The molecular formula is C26H35BF2N4O5. The summed E-state index contributed by atoms with van der Waals surface area (Å²) in [5.74, 6) is -4.19. The van der Waals surface area contributed by atoms with Gasteiger partial charge in [0.05, 0.1) is 12.0 Å². The molecule has 1 aromatic rings. The van der Waals surface area contributed by atoms with Crippen LogP contribution < -0.4 is 5.32 Å². The van der Waals surface area contributed by atoms with E-state index in [1.54, 1.807) is 38.1 Å². The average Bonchev–Trinajstić information content (AvgIpc) is 3.34. The molecule has 3 N–H and O–H groups in total. The lowest BCUT2D eigenvalue weighted by Gasteiger charge is -2.41. The van der Waals surface area contributed by atoms with E-state index in [1.807, 2.05) is 17.0 Å². The molecular weight excluding hydrogens is 497 g/mol. The summed E-state index contributed by atoms with van der Waals surface area (Å²) in [5, 5.41) is 31.5. The molecule has 0 bridgehead atoms. The zero-order valence-electron chi connectivity index (χ0n) is 21.8. The fourth-order valence-electron chi connectivity index (χ4n) is 4.89. The highest BCUT2D eigenvalue weighted by molar-refractivity contribution is 6.43. The highest BCUT2D eigenvalue weighted by Crippen LogP contribution is 2.32. The second kappa shape index (κ2) is 12.7. The summed E-state index contributed by atoms with van der Waals surface area (Å²) in [6.07, 6.45) is 1.55. The molecule has 2 saturated heterocycles. The number of alkyl carbamates (subject to hydrolysis) is 1. The number of rotatable bonds is 9. The second-order valence-corrected chi connectivity index (χ2v) is 10.4. The van der Waals surface area contributed by atoms with Gasteiger partial charge in [0.15, 0.2) is 0 Å². The van der Waals surface area contributed by atoms with Gasteiger partial charge in [-0.05, 0) is 44.7 Å². The number of nitrogens with zero attached hydrogens (tertiary/aromatic N) is 3. The van der Waals surface area contributed by atoms with E-state index in [4.69, 9.17) is 4.74 Å². The van der Waals surface area contributed by atoms with Gasteiger partial charge in [-0.1, -0.05) is 30.3 Å². The summed E-state index contributed by atoms with van der Waals surface area (Å²) in [7, 11) is -1.80. The molecule has 0 aliphatic carbocycles. The van der Waals surface area contributed by atoms with Crippen molar-refractivity contribution in [2.75, 3.05) is 26.2 Å². The summed E-state index contributed by atoms with van der Waals surface area (Å²) >= 11 is 0. The minimum absolute atomic E-state index is 0.0880. The van der Waals surface area contributed by atoms with Crippen LogP contribution >= 0.6 is 0 Å². The van der Waals surface area contributed by atoms with Gasteiger partial charge in [0.25, 0.3) is 11.8 Å². The number of hydrogen-bond donors (Lipinski definition) is 3.